The van der Waals surface area contributed by atoms with Gasteiger partial charge in [-0.2, -0.15) is 0 Å². The highest BCUT2D eigenvalue weighted by Crippen LogP contribution is 2.03. The van der Waals surface area contributed by atoms with Crippen LogP contribution in [0, 0.1) is 12.8 Å². The van der Waals surface area contributed by atoms with Crippen molar-refractivity contribution in [3.8, 4) is 0 Å². The maximum atomic E-state index is 3.76. The minimum atomic E-state index is 0.873. The molecule has 1 N–H and O–H groups in total. The molecule has 0 aromatic rings. The van der Waals surface area contributed by atoms with E-state index in [1.165, 1.54) is 12.8 Å². The van der Waals surface area contributed by atoms with E-state index in [2.05, 4.69) is 26.1 Å². The molecular formula is C9H20N. The third-order valence-corrected chi connectivity index (χ3v) is 1.86. The average molecular weight is 142 g/mol. The zero-order valence-corrected chi connectivity index (χ0v) is 7.32. The van der Waals surface area contributed by atoms with Crippen molar-refractivity contribution in [3.63, 3.8) is 0 Å². The molecule has 1 atom stereocenters. The van der Waals surface area contributed by atoms with Gasteiger partial charge in [0.25, 0.3) is 0 Å². The summed E-state index contributed by atoms with van der Waals surface area (Å²) >= 11 is 0. The Labute approximate surface area is 65.2 Å². The first-order valence-corrected chi connectivity index (χ1v) is 4.31. The van der Waals surface area contributed by atoms with Gasteiger partial charge in [0.15, 0.2) is 0 Å². The van der Waals surface area contributed by atoms with Crippen molar-refractivity contribution in [1.82, 2.24) is 5.32 Å². The third-order valence-electron chi connectivity index (χ3n) is 1.86. The average Bonchev–Trinajstić information content (AvgIpc) is 1.98. The van der Waals surface area contributed by atoms with E-state index in [9.17, 15) is 0 Å². The molecule has 1 heteroatoms. The van der Waals surface area contributed by atoms with E-state index in [1.807, 2.05) is 0 Å². The zero-order chi connectivity index (χ0) is 7.82. The molecule has 0 saturated carbocycles. The molecule has 0 spiro atoms. The first-order chi connectivity index (χ1) is 4.81. The molecule has 1 radical (unpaired) electrons. The van der Waals surface area contributed by atoms with Crippen molar-refractivity contribution in [2.24, 2.45) is 5.92 Å². The van der Waals surface area contributed by atoms with Crippen molar-refractivity contribution in [3.05, 3.63) is 6.92 Å². The molecule has 0 fully saturated rings. The summed E-state index contributed by atoms with van der Waals surface area (Å²) in [5, 5.41) is 3.34. The van der Waals surface area contributed by atoms with Crippen molar-refractivity contribution < 1.29 is 0 Å². The van der Waals surface area contributed by atoms with Crippen LogP contribution < -0.4 is 5.32 Å². The standard InChI is InChI=1S/C9H20N/c1-4-7-10-8-6-9(3)5-2/h9-10H,1,4-8H2,2-3H3. The van der Waals surface area contributed by atoms with E-state index < -0.39 is 0 Å². The number of rotatable bonds is 6. The van der Waals surface area contributed by atoms with Gasteiger partial charge in [0.2, 0.25) is 0 Å². The maximum Gasteiger partial charge on any atom is -0.00464 e. The van der Waals surface area contributed by atoms with Crippen LogP contribution in [0.25, 0.3) is 0 Å². The largest absolute Gasteiger partial charge is 0.317 e. The van der Waals surface area contributed by atoms with Crippen LogP contribution in [0.15, 0.2) is 0 Å². The fourth-order valence-electron chi connectivity index (χ4n) is 0.803. The Bertz CT molecular complexity index is 61.7. The van der Waals surface area contributed by atoms with Crippen LogP contribution >= 0.6 is 0 Å². The second-order valence-corrected chi connectivity index (χ2v) is 2.91. The van der Waals surface area contributed by atoms with Gasteiger partial charge in [-0.15, -0.1) is 0 Å². The van der Waals surface area contributed by atoms with Gasteiger partial charge in [-0.1, -0.05) is 27.2 Å². The molecule has 61 valence electrons. The Morgan fingerprint density at radius 2 is 2.10 bits per heavy atom. The number of nitrogens with one attached hydrogen (secondary N) is 1. The highest BCUT2D eigenvalue weighted by molar-refractivity contribution is 4.54. The van der Waals surface area contributed by atoms with E-state index in [0.29, 0.717) is 0 Å². The topological polar surface area (TPSA) is 12.0 Å². The second kappa shape index (κ2) is 7.07. The zero-order valence-electron chi connectivity index (χ0n) is 7.32. The number of hydrogen-bond donors (Lipinski definition) is 1. The summed E-state index contributed by atoms with van der Waals surface area (Å²) in [6.07, 6.45) is 3.60. The van der Waals surface area contributed by atoms with Gasteiger partial charge >= 0.3 is 0 Å². The fourth-order valence-corrected chi connectivity index (χ4v) is 0.803. The summed E-state index contributed by atoms with van der Waals surface area (Å²) in [4.78, 5) is 0. The lowest BCUT2D eigenvalue weighted by atomic mass is 10.1. The first-order valence-electron chi connectivity index (χ1n) is 4.31. The van der Waals surface area contributed by atoms with Gasteiger partial charge in [-0.05, 0) is 31.8 Å². The third kappa shape index (κ3) is 6.09. The Hall–Kier alpha value is -0.0400. The molecule has 0 rings (SSSR count). The van der Waals surface area contributed by atoms with Crippen molar-refractivity contribution in [1.29, 1.82) is 0 Å². The van der Waals surface area contributed by atoms with Crippen LogP contribution in [0.5, 0.6) is 0 Å². The Morgan fingerprint density at radius 3 is 2.60 bits per heavy atom. The van der Waals surface area contributed by atoms with E-state index in [4.69, 9.17) is 0 Å². The van der Waals surface area contributed by atoms with Crippen LogP contribution in [0.3, 0.4) is 0 Å². The first kappa shape index (κ1) is 9.96. The quantitative estimate of drug-likeness (QED) is 0.561. The normalized spacial score (nSPS) is 13.5. The predicted octanol–water partition coefficient (Wildman–Crippen LogP) is 2.24. The van der Waals surface area contributed by atoms with Gasteiger partial charge in [0, 0.05) is 0 Å². The summed E-state index contributed by atoms with van der Waals surface area (Å²) in [6.45, 7) is 10.5. The number of hydrogen-bond acceptors (Lipinski definition) is 1. The van der Waals surface area contributed by atoms with Gasteiger partial charge in [-0.3, -0.25) is 0 Å². The molecule has 0 amide bonds. The van der Waals surface area contributed by atoms with E-state index in [-0.39, 0.29) is 0 Å². The molecule has 0 heterocycles. The molecule has 1 nitrogen and oxygen atoms in total. The maximum absolute atomic E-state index is 3.76. The predicted molar refractivity (Wildman–Crippen MR) is 46.9 cm³/mol. The monoisotopic (exact) mass is 142 g/mol. The lowest BCUT2D eigenvalue weighted by Crippen LogP contribution is -2.17. The van der Waals surface area contributed by atoms with Crippen LogP contribution in [0.4, 0.5) is 0 Å². The Kier molecular flexibility index (Phi) is 7.04. The molecule has 0 saturated heterocycles. The summed E-state index contributed by atoms with van der Waals surface area (Å²) in [5.74, 6) is 0.873. The molecule has 0 aliphatic heterocycles. The van der Waals surface area contributed by atoms with Gasteiger partial charge in [-0.25, -0.2) is 0 Å². The molecule has 0 aromatic carbocycles. The van der Waals surface area contributed by atoms with Gasteiger partial charge in [0.1, 0.15) is 0 Å². The van der Waals surface area contributed by atoms with Crippen molar-refractivity contribution in [2.75, 3.05) is 13.1 Å². The van der Waals surface area contributed by atoms with Crippen LogP contribution in [-0.2, 0) is 0 Å². The molecule has 10 heavy (non-hydrogen) atoms. The van der Waals surface area contributed by atoms with Crippen molar-refractivity contribution >= 4 is 0 Å². The second-order valence-electron chi connectivity index (χ2n) is 2.91. The minimum absolute atomic E-state index is 0.873. The lowest BCUT2D eigenvalue weighted by Gasteiger charge is -2.07. The summed E-state index contributed by atoms with van der Waals surface area (Å²) in [6, 6.07) is 0. The van der Waals surface area contributed by atoms with Gasteiger partial charge < -0.3 is 5.32 Å². The van der Waals surface area contributed by atoms with Crippen LogP contribution in [0.1, 0.15) is 33.1 Å². The minimum Gasteiger partial charge on any atom is -0.317 e. The molecule has 0 aliphatic rings. The summed E-state index contributed by atoms with van der Waals surface area (Å²) in [7, 11) is 0. The Morgan fingerprint density at radius 1 is 1.40 bits per heavy atom. The summed E-state index contributed by atoms with van der Waals surface area (Å²) in [5.41, 5.74) is 0. The molecule has 0 bridgehead atoms. The smallest absolute Gasteiger partial charge is 0.00464 e. The van der Waals surface area contributed by atoms with E-state index in [1.54, 1.807) is 0 Å². The molecule has 0 aliphatic carbocycles. The molecule has 0 aromatic heterocycles. The Balaban J connectivity index is 2.89. The molecular weight excluding hydrogens is 122 g/mol. The molecule has 1 unspecified atom stereocenters. The lowest BCUT2D eigenvalue weighted by molar-refractivity contribution is 0.490. The SMILES string of the molecule is [CH2]CCNCCC(C)CC. The highest BCUT2D eigenvalue weighted by atomic mass is 14.8. The highest BCUT2D eigenvalue weighted by Gasteiger charge is 1.95. The summed E-state index contributed by atoms with van der Waals surface area (Å²) < 4.78 is 0. The van der Waals surface area contributed by atoms with Crippen molar-refractivity contribution in [2.45, 2.75) is 33.1 Å². The van der Waals surface area contributed by atoms with E-state index in [0.717, 1.165) is 25.4 Å². The van der Waals surface area contributed by atoms with Crippen LogP contribution in [0.2, 0.25) is 0 Å². The fraction of sp³-hybridized carbons (Fsp3) is 0.889. The van der Waals surface area contributed by atoms with E-state index >= 15 is 0 Å². The van der Waals surface area contributed by atoms with Crippen LogP contribution in [-0.4, -0.2) is 13.1 Å². The van der Waals surface area contributed by atoms with Gasteiger partial charge in [0.05, 0.1) is 0 Å².